The molecule has 0 amide bonds. The number of thioether (sulfide) groups is 1. The average molecular weight is 297 g/mol. The van der Waals surface area contributed by atoms with Crippen LogP contribution in [-0.4, -0.2) is 34.6 Å². The van der Waals surface area contributed by atoms with Crippen LogP contribution in [0.1, 0.15) is 20.8 Å². The van der Waals surface area contributed by atoms with Crippen LogP contribution in [-0.2, 0) is 0 Å². The quantitative estimate of drug-likeness (QED) is 0.760. The minimum absolute atomic E-state index is 0.130. The lowest BCUT2D eigenvalue weighted by Gasteiger charge is -2.28. The molecule has 2 atom stereocenters. The van der Waals surface area contributed by atoms with Gasteiger partial charge in [-0.05, 0) is 24.6 Å². The summed E-state index contributed by atoms with van der Waals surface area (Å²) in [5, 5.41) is 0.316. The lowest BCUT2D eigenvalue weighted by molar-refractivity contribution is 0.266. The van der Waals surface area contributed by atoms with Gasteiger partial charge in [0.15, 0.2) is 0 Å². The Kier molecular flexibility index (Phi) is 5.31. The number of hydrogen-bond acceptors (Lipinski definition) is 3. The zero-order valence-electron chi connectivity index (χ0n) is 11.7. The van der Waals surface area contributed by atoms with Crippen molar-refractivity contribution >= 4 is 29.1 Å². The second-order valence-corrected chi connectivity index (χ2v) is 6.42. The molecule has 1 aliphatic heterocycles. The molecular formula is C15H21ClN2S. The lowest BCUT2D eigenvalue weighted by Crippen LogP contribution is -2.39. The van der Waals surface area contributed by atoms with Crippen LogP contribution in [0.2, 0.25) is 0 Å². The number of alkyl halides is 1. The highest BCUT2D eigenvalue weighted by molar-refractivity contribution is 8.00. The minimum atomic E-state index is 0.130. The van der Waals surface area contributed by atoms with E-state index in [-0.39, 0.29) is 6.17 Å². The van der Waals surface area contributed by atoms with Crippen molar-refractivity contribution < 1.29 is 0 Å². The fourth-order valence-corrected chi connectivity index (χ4v) is 4.02. The summed E-state index contributed by atoms with van der Waals surface area (Å²) in [7, 11) is 0. The maximum Gasteiger partial charge on any atom is 0.117 e. The maximum absolute atomic E-state index is 6.06. The number of hydrogen-bond donors (Lipinski definition) is 0. The van der Waals surface area contributed by atoms with Gasteiger partial charge >= 0.3 is 0 Å². The van der Waals surface area contributed by atoms with Crippen molar-refractivity contribution in [3.63, 3.8) is 0 Å². The predicted molar refractivity (Wildman–Crippen MR) is 85.2 cm³/mol. The smallest absolute Gasteiger partial charge is 0.117 e. The molecule has 4 heteroatoms. The topological polar surface area (TPSA) is 15.6 Å². The fourth-order valence-electron chi connectivity index (χ4n) is 2.33. The van der Waals surface area contributed by atoms with Crippen LogP contribution < -0.4 is 0 Å². The summed E-state index contributed by atoms with van der Waals surface area (Å²) < 4.78 is 0. The van der Waals surface area contributed by atoms with Crippen LogP contribution in [0.3, 0.4) is 0 Å². The van der Waals surface area contributed by atoms with Gasteiger partial charge in [0.05, 0.1) is 5.88 Å². The van der Waals surface area contributed by atoms with Gasteiger partial charge < -0.3 is 0 Å². The van der Waals surface area contributed by atoms with E-state index >= 15 is 0 Å². The van der Waals surface area contributed by atoms with Crippen LogP contribution in [0.5, 0.6) is 0 Å². The predicted octanol–water partition coefficient (Wildman–Crippen LogP) is 4.10. The Labute approximate surface area is 125 Å². The molecule has 0 radical (unpaired) electrons. The minimum Gasteiger partial charge on any atom is -0.271 e. The summed E-state index contributed by atoms with van der Waals surface area (Å²) >= 11 is 7.94. The van der Waals surface area contributed by atoms with Crippen LogP contribution in [0, 0.1) is 5.92 Å². The van der Waals surface area contributed by atoms with E-state index in [0.717, 1.165) is 6.54 Å². The number of aliphatic imine (C=N–C) groups is 1. The van der Waals surface area contributed by atoms with Gasteiger partial charge in [0.1, 0.15) is 11.5 Å². The van der Waals surface area contributed by atoms with Gasteiger partial charge in [0.25, 0.3) is 0 Å². The first-order valence-electron chi connectivity index (χ1n) is 6.78. The van der Waals surface area contributed by atoms with Crippen molar-refractivity contribution in [1.82, 2.24) is 4.90 Å². The van der Waals surface area contributed by atoms with Crippen LogP contribution >= 0.6 is 23.4 Å². The van der Waals surface area contributed by atoms with E-state index in [2.05, 4.69) is 56.0 Å². The van der Waals surface area contributed by atoms with Crippen molar-refractivity contribution in [3.8, 4) is 0 Å². The first kappa shape index (κ1) is 14.9. The van der Waals surface area contributed by atoms with Crippen LogP contribution in [0.4, 0.5) is 0 Å². The summed E-state index contributed by atoms with van der Waals surface area (Å²) in [4.78, 5) is 8.50. The summed E-state index contributed by atoms with van der Waals surface area (Å²) in [6.07, 6.45) is 0.130. The summed E-state index contributed by atoms with van der Waals surface area (Å²) in [5.41, 5.74) is 1.27. The molecule has 1 aromatic carbocycles. The van der Waals surface area contributed by atoms with Gasteiger partial charge in [-0.1, -0.05) is 39.0 Å². The van der Waals surface area contributed by atoms with Gasteiger partial charge in [-0.25, -0.2) is 0 Å². The van der Waals surface area contributed by atoms with E-state index in [4.69, 9.17) is 16.6 Å². The molecule has 0 bridgehead atoms. The summed E-state index contributed by atoms with van der Waals surface area (Å²) in [6.45, 7) is 7.57. The highest BCUT2D eigenvalue weighted by Crippen LogP contribution is 2.34. The van der Waals surface area contributed by atoms with E-state index in [9.17, 15) is 0 Å². The van der Waals surface area contributed by atoms with Crippen molar-refractivity contribution in [2.45, 2.75) is 37.2 Å². The second-order valence-electron chi connectivity index (χ2n) is 4.96. The summed E-state index contributed by atoms with van der Waals surface area (Å²) in [5.74, 6) is 1.03. The average Bonchev–Trinajstić information content (AvgIpc) is 2.77. The number of rotatable bonds is 5. The Bertz CT molecular complexity index is 433. The molecule has 0 aromatic heterocycles. The molecule has 0 aliphatic carbocycles. The first-order valence-corrected chi connectivity index (χ1v) is 8.19. The molecular weight excluding hydrogens is 276 g/mol. The van der Waals surface area contributed by atoms with Gasteiger partial charge in [0.2, 0.25) is 0 Å². The third kappa shape index (κ3) is 3.33. The van der Waals surface area contributed by atoms with E-state index in [1.165, 1.54) is 10.6 Å². The molecule has 0 fully saturated rings. The fraction of sp³-hybridized carbons (Fsp3) is 0.533. The standard InChI is InChI=1S/C15H21ClN2S/c1-4-18-13(10-16)17-14(11(2)3)15(18)19-12-8-6-5-7-9-12/h5-9,11,13,15H,4,10H2,1-3H3. The Morgan fingerprint density at radius 2 is 2.00 bits per heavy atom. The molecule has 0 spiro atoms. The third-order valence-corrected chi connectivity index (χ3v) is 4.88. The number of halogens is 1. The molecule has 0 saturated carbocycles. The molecule has 1 heterocycles. The Balaban J connectivity index is 2.22. The van der Waals surface area contributed by atoms with Gasteiger partial charge in [-0.2, -0.15) is 0 Å². The maximum atomic E-state index is 6.06. The van der Waals surface area contributed by atoms with E-state index < -0.39 is 0 Å². The molecule has 2 unspecified atom stereocenters. The Morgan fingerprint density at radius 1 is 1.32 bits per heavy atom. The normalized spacial score (nSPS) is 23.9. The SMILES string of the molecule is CCN1C(CCl)N=C(C(C)C)C1Sc1ccccc1. The lowest BCUT2D eigenvalue weighted by atomic mass is 10.1. The van der Waals surface area contributed by atoms with Crippen LogP contribution in [0.25, 0.3) is 0 Å². The molecule has 1 aliphatic rings. The molecule has 19 heavy (non-hydrogen) atoms. The van der Waals surface area contributed by atoms with Gasteiger partial charge in [0, 0.05) is 10.6 Å². The molecule has 0 N–H and O–H groups in total. The highest BCUT2D eigenvalue weighted by atomic mass is 35.5. The molecule has 0 saturated heterocycles. The zero-order valence-corrected chi connectivity index (χ0v) is 13.3. The van der Waals surface area contributed by atoms with Gasteiger partial charge in [-0.3, -0.25) is 9.89 Å². The first-order chi connectivity index (χ1) is 9.17. The zero-order chi connectivity index (χ0) is 13.8. The molecule has 2 rings (SSSR count). The number of benzene rings is 1. The highest BCUT2D eigenvalue weighted by Gasteiger charge is 2.36. The molecule has 1 aromatic rings. The molecule has 104 valence electrons. The van der Waals surface area contributed by atoms with Gasteiger partial charge in [-0.15, -0.1) is 23.4 Å². The Morgan fingerprint density at radius 3 is 2.53 bits per heavy atom. The molecule has 2 nitrogen and oxygen atoms in total. The van der Waals surface area contributed by atoms with E-state index in [0.29, 0.717) is 17.2 Å². The van der Waals surface area contributed by atoms with Crippen LogP contribution in [0.15, 0.2) is 40.2 Å². The van der Waals surface area contributed by atoms with E-state index in [1.54, 1.807) is 0 Å². The number of nitrogens with zero attached hydrogens (tertiary/aromatic N) is 2. The van der Waals surface area contributed by atoms with Crippen molar-refractivity contribution in [1.29, 1.82) is 0 Å². The third-order valence-electron chi connectivity index (χ3n) is 3.32. The Hall–Kier alpha value is -0.510. The summed E-state index contributed by atoms with van der Waals surface area (Å²) in [6, 6.07) is 10.5. The van der Waals surface area contributed by atoms with Crippen molar-refractivity contribution in [3.05, 3.63) is 30.3 Å². The van der Waals surface area contributed by atoms with Crippen molar-refractivity contribution in [2.24, 2.45) is 10.9 Å². The second kappa shape index (κ2) is 6.78. The monoisotopic (exact) mass is 296 g/mol. The van der Waals surface area contributed by atoms with E-state index in [1.807, 2.05) is 11.8 Å². The largest absolute Gasteiger partial charge is 0.271 e. The van der Waals surface area contributed by atoms with Crippen molar-refractivity contribution in [2.75, 3.05) is 12.4 Å².